The lowest BCUT2D eigenvalue weighted by atomic mass is 10.1. The van der Waals surface area contributed by atoms with Gasteiger partial charge in [0, 0.05) is 17.0 Å². The number of halogens is 3. The highest BCUT2D eigenvalue weighted by Crippen LogP contribution is 2.39. The van der Waals surface area contributed by atoms with E-state index in [1.807, 2.05) is 0 Å². The Bertz CT molecular complexity index is 593. The fourth-order valence-electron chi connectivity index (χ4n) is 3.18. The first-order valence-electron chi connectivity index (χ1n) is 8.11. The van der Waals surface area contributed by atoms with Crippen LogP contribution < -0.4 is 5.32 Å². The van der Waals surface area contributed by atoms with E-state index in [9.17, 15) is 22.8 Å². The molecular weight excluding hydrogens is 341 g/mol. The van der Waals surface area contributed by atoms with Crippen LogP contribution in [0.15, 0.2) is 17.5 Å². The average Bonchev–Trinajstić information content (AvgIpc) is 2.99. The van der Waals surface area contributed by atoms with E-state index in [1.165, 1.54) is 11.3 Å². The molecule has 0 radical (unpaired) electrons. The number of amides is 2. The molecule has 24 heavy (non-hydrogen) atoms. The SMILES string of the molecule is O=C(NC1CCCC1)[C@H](c1cccs1)N(C(=O)C(F)(F)F)C1CC1. The highest BCUT2D eigenvalue weighted by Gasteiger charge is 2.51. The van der Waals surface area contributed by atoms with Gasteiger partial charge in [0.1, 0.15) is 6.04 Å². The van der Waals surface area contributed by atoms with Crippen LogP contribution >= 0.6 is 11.3 Å². The van der Waals surface area contributed by atoms with Crippen LogP contribution in [0, 0.1) is 0 Å². The topological polar surface area (TPSA) is 49.4 Å². The van der Waals surface area contributed by atoms with Gasteiger partial charge in [-0.05, 0) is 37.1 Å². The monoisotopic (exact) mass is 360 g/mol. The molecule has 1 heterocycles. The minimum absolute atomic E-state index is 0.0120. The van der Waals surface area contributed by atoms with E-state index in [1.54, 1.807) is 17.5 Å². The second-order valence-electron chi connectivity index (χ2n) is 6.35. The number of hydrogen-bond acceptors (Lipinski definition) is 3. The number of alkyl halides is 3. The summed E-state index contributed by atoms with van der Waals surface area (Å²) >= 11 is 1.20. The molecule has 0 unspecified atom stereocenters. The number of nitrogens with zero attached hydrogens (tertiary/aromatic N) is 1. The van der Waals surface area contributed by atoms with Gasteiger partial charge in [-0.25, -0.2) is 0 Å². The summed E-state index contributed by atoms with van der Waals surface area (Å²) < 4.78 is 39.1. The van der Waals surface area contributed by atoms with Gasteiger partial charge in [-0.1, -0.05) is 18.9 Å². The first kappa shape index (κ1) is 17.3. The van der Waals surface area contributed by atoms with Crippen molar-refractivity contribution < 1.29 is 22.8 Å². The molecule has 2 aliphatic carbocycles. The Morgan fingerprint density at radius 2 is 1.88 bits per heavy atom. The average molecular weight is 360 g/mol. The van der Waals surface area contributed by atoms with Crippen LogP contribution in [0.1, 0.15) is 49.4 Å². The summed E-state index contributed by atoms with van der Waals surface area (Å²) in [5.74, 6) is -2.43. The zero-order chi connectivity index (χ0) is 17.3. The van der Waals surface area contributed by atoms with E-state index < -0.39 is 30.1 Å². The lowest BCUT2D eigenvalue weighted by Crippen LogP contribution is -2.50. The van der Waals surface area contributed by atoms with Gasteiger partial charge in [0.15, 0.2) is 0 Å². The van der Waals surface area contributed by atoms with Crippen LogP contribution in [0.4, 0.5) is 13.2 Å². The van der Waals surface area contributed by atoms with E-state index in [4.69, 9.17) is 0 Å². The summed E-state index contributed by atoms with van der Waals surface area (Å²) in [6, 6.07) is 1.57. The van der Waals surface area contributed by atoms with Gasteiger partial charge in [0.05, 0.1) is 0 Å². The van der Waals surface area contributed by atoms with Gasteiger partial charge in [-0.15, -0.1) is 11.3 Å². The van der Waals surface area contributed by atoms with Crippen LogP contribution in [-0.2, 0) is 9.59 Å². The van der Waals surface area contributed by atoms with Crippen LogP contribution in [0.5, 0.6) is 0 Å². The van der Waals surface area contributed by atoms with E-state index in [2.05, 4.69) is 5.32 Å². The highest BCUT2D eigenvalue weighted by molar-refractivity contribution is 7.10. The van der Waals surface area contributed by atoms with Gasteiger partial charge in [-0.2, -0.15) is 13.2 Å². The first-order chi connectivity index (χ1) is 11.4. The summed E-state index contributed by atoms with van der Waals surface area (Å²) in [6.07, 6.45) is -0.309. The van der Waals surface area contributed by atoms with Crippen molar-refractivity contribution in [3.63, 3.8) is 0 Å². The summed E-state index contributed by atoms with van der Waals surface area (Å²) in [6.45, 7) is 0. The van der Waals surface area contributed by atoms with Gasteiger partial charge in [-0.3, -0.25) is 9.59 Å². The summed E-state index contributed by atoms with van der Waals surface area (Å²) in [5.41, 5.74) is 0. The Kier molecular flexibility index (Phi) is 4.85. The smallest absolute Gasteiger partial charge is 0.351 e. The van der Waals surface area contributed by atoms with E-state index in [-0.39, 0.29) is 6.04 Å². The molecule has 4 nitrogen and oxygen atoms in total. The third-order valence-corrected chi connectivity index (χ3v) is 5.38. The van der Waals surface area contributed by atoms with Crippen molar-refractivity contribution in [2.75, 3.05) is 0 Å². The molecule has 1 atom stereocenters. The lowest BCUT2D eigenvalue weighted by Gasteiger charge is -2.31. The minimum atomic E-state index is -4.98. The summed E-state index contributed by atoms with van der Waals surface area (Å²) in [4.78, 5) is 25.9. The van der Waals surface area contributed by atoms with Gasteiger partial charge in [0.25, 0.3) is 0 Å². The third kappa shape index (κ3) is 3.74. The summed E-state index contributed by atoms with van der Waals surface area (Å²) in [7, 11) is 0. The Labute approximate surface area is 142 Å². The molecule has 0 spiro atoms. The maximum atomic E-state index is 13.0. The molecule has 8 heteroatoms. The Morgan fingerprint density at radius 3 is 2.38 bits per heavy atom. The second kappa shape index (κ2) is 6.74. The van der Waals surface area contributed by atoms with E-state index >= 15 is 0 Å². The van der Waals surface area contributed by atoms with Crippen molar-refractivity contribution >= 4 is 23.2 Å². The predicted octanol–water partition coefficient (Wildman–Crippen LogP) is 3.40. The third-order valence-electron chi connectivity index (χ3n) is 4.46. The predicted molar refractivity (Wildman–Crippen MR) is 83.4 cm³/mol. The number of carbonyl (C=O) groups excluding carboxylic acids is 2. The van der Waals surface area contributed by atoms with Crippen molar-refractivity contribution in [1.82, 2.24) is 10.2 Å². The first-order valence-corrected chi connectivity index (χ1v) is 8.99. The highest BCUT2D eigenvalue weighted by atomic mass is 32.1. The molecule has 2 saturated carbocycles. The van der Waals surface area contributed by atoms with Crippen molar-refractivity contribution in [3.8, 4) is 0 Å². The Morgan fingerprint density at radius 1 is 1.21 bits per heavy atom. The van der Waals surface area contributed by atoms with Crippen LogP contribution in [-0.4, -0.2) is 35.0 Å². The molecule has 0 bridgehead atoms. The number of hydrogen-bond donors (Lipinski definition) is 1. The molecule has 0 aliphatic heterocycles. The number of rotatable bonds is 5. The molecule has 3 rings (SSSR count). The zero-order valence-electron chi connectivity index (χ0n) is 13.0. The molecule has 2 fully saturated rings. The molecule has 1 aromatic rings. The Balaban J connectivity index is 1.87. The number of nitrogens with one attached hydrogen (secondary N) is 1. The van der Waals surface area contributed by atoms with Gasteiger partial charge >= 0.3 is 12.1 Å². The fraction of sp³-hybridized carbons (Fsp3) is 0.625. The van der Waals surface area contributed by atoms with Crippen LogP contribution in [0.2, 0.25) is 0 Å². The van der Waals surface area contributed by atoms with E-state index in [0.717, 1.165) is 30.6 Å². The quantitative estimate of drug-likeness (QED) is 0.875. The molecule has 0 saturated heterocycles. The van der Waals surface area contributed by atoms with Gasteiger partial charge < -0.3 is 10.2 Å². The second-order valence-corrected chi connectivity index (χ2v) is 7.33. The largest absolute Gasteiger partial charge is 0.471 e. The molecule has 132 valence electrons. The van der Waals surface area contributed by atoms with Crippen LogP contribution in [0.3, 0.4) is 0 Å². The normalized spacial score (nSPS) is 20.0. The van der Waals surface area contributed by atoms with Crippen LogP contribution in [0.25, 0.3) is 0 Å². The molecule has 0 aromatic carbocycles. The van der Waals surface area contributed by atoms with E-state index in [0.29, 0.717) is 17.7 Å². The number of carbonyl (C=O) groups is 2. The van der Waals surface area contributed by atoms with Gasteiger partial charge in [0.2, 0.25) is 5.91 Å². The molecule has 2 amide bonds. The fourth-order valence-corrected chi connectivity index (χ4v) is 4.00. The van der Waals surface area contributed by atoms with Crippen molar-refractivity contribution in [1.29, 1.82) is 0 Å². The Hall–Kier alpha value is -1.57. The van der Waals surface area contributed by atoms with Crippen molar-refractivity contribution in [2.24, 2.45) is 0 Å². The molecule has 1 N–H and O–H groups in total. The lowest BCUT2D eigenvalue weighted by molar-refractivity contribution is -0.189. The molecular formula is C16H19F3N2O2S. The standard InChI is InChI=1S/C16H19F3N2O2S/c17-16(18,19)15(23)21(11-7-8-11)13(12-6-3-9-24-12)14(22)20-10-4-1-2-5-10/h3,6,9-11,13H,1-2,4-5,7-8H2,(H,20,22)/t13-/m0/s1. The summed E-state index contributed by atoms with van der Waals surface area (Å²) in [5, 5.41) is 4.55. The number of thiophene rings is 1. The van der Waals surface area contributed by atoms with Crippen molar-refractivity contribution in [3.05, 3.63) is 22.4 Å². The van der Waals surface area contributed by atoms with Crippen molar-refractivity contribution in [2.45, 2.75) is 62.8 Å². The maximum absolute atomic E-state index is 13.0. The minimum Gasteiger partial charge on any atom is -0.351 e. The zero-order valence-corrected chi connectivity index (χ0v) is 13.8. The molecule has 1 aromatic heterocycles. The maximum Gasteiger partial charge on any atom is 0.471 e. The molecule has 2 aliphatic rings.